The zero-order chi connectivity index (χ0) is 14.9. The summed E-state index contributed by atoms with van der Waals surface area (Å²) < 4.78 is 5.11. The Morgan fingerprint density at radius 3 is 2.75 bits per heavy atom. The molecule has 1 heterocycles. The highest BCUT2D eigenvalue weighted by molar-refractivity contribution is 9.10. The van der Waals surface area contributed by atoms with E-state index >= 15 is 0 Å². The number of phenols is 1. The first kappa shape index (κ1) is 14.8. The molecule has 1 aliphatic rings. The summed E-state index contributed by atoms with van der Waals surface area (Å²) in [6.07, 6.45) is -0.604. The minimum Gasteiger partial charge on any atom is -0.507 e. The number of hydrogen-bond acceptors (Lipinski definition) is 5. The molecular formula is C13H14BrNO5. The summed E-state index contributed by atoms with van der Waals surface area (Å²) in [4.78, 5) is 25.3. The average Bonchev–Trinajstić information content (AvgIpc) is 2.82. The third-order valence-corrected chi connectivity index (χ3v) is 3.88. The van der Waals surface area contributed by atoms with E-state index in [1.54, 1.807) is 6.07 Å². The molecule has 7 heteroatoms. The lowest BCUT2D eigenvalue weighted by Gasteiger charge is -2.22. The number of esters is 1. The number of aromatic hydroxyl groups is 1. The van der Waals surface area contributed by atoms with E-state index in [2.05, 4.69) is 20.7 Å². The fraction of sp³-hybridized carbons (Fsp3) is 0.385. The number of carbonyl (C=O) groups is 2. The fourth-order valence-electron chi connectivity index (χ4n) is 2.21. The molecule has 2 unspecified atom stereocenters. The van der Waals surface area contributed by atoms with E-state index in [9.17, 15) is 19.8 Å². The Labute approximate surface area is 124 Å². The summed E-state index contributed by atoms with van der Waals surface area (Å²) in [5, 5.41) is 19.3. The summed E-state index contributed by atoms with van der Waals surface area (Å²) in [6, 6.07) is 3.59. The molecule has 0 aliphatic carbocycles. The molecule has 2 atom stereocenters. The third-order valence-electron chi connectivity index (χ3n) is 3.21. The minimum atomic E-state index is -0.798. The predicted octanol–water partition coefficient (Wildman–Crippen LogP) is 0.903. The second-order valence-corrected chi connectivity index (χ2v) is 5.41. The van der Waals surface area contributed by atoms with Crippen molar-refractivity contribution in [2.45, 2.75) is 18.6 Å². The van der Waals surface area contributed by atoms with E-state index in [1.165, 1.54) is 24.1 Å². The van der Waals surface area contributed by atoms with Crippen molar-refractivity contribution in [1.82, 2.24) is 4.90 Å². The van der Waals surface area contributed by atoms with Crippen LogP contribution in [0.5, 0.6) is 5.75 Å². The summed E-state index contributed by atoms with van der Waals surface area (Å²) >= 11 is 3.13. The van der Waals surface area contributed by atoms with Crippen LogP contribution in [0.3, 0.4) is 0 Å². The highest BCUT2D eigenvalue weighted by atomic mass is 79.9. The Morgan fingerprint density at radius 1 is 1.45 bits per heavy atom. The van der Waals surface area contributed by atoms with Gasteiger partial charge in [0.15, 0.2) is 0 Å². The van der Waals surface area contributed by atoms with E-state index in [1.807, 2.05) is 0 Å². The van der Waals surface area contributed by atoms with E-state index in [0.717, 1.165) is 0 Å². The molecule has 2 rings (SSSR count). The number of aliphatic hydroxyl groups excluding tert-OH is 1. The van der Waals surface area contributed by atoms with E-state index in [0.29, 0.717) is 4.47 Å². The molecule has 0 aromatic heterocycles. The van der Waals surface area contributed by atoms with Crippen molar-refractivity contribution >= 4 is 27.8 Å². The van der Waals surface area contributed by atoms with Crippen LogP contribution in [0, 0.1) is 0 Å². The van der Waals surface area contributed by atoms with Gasteiger partial charge < -0.3 is 19.8 Å². The molecule has 1 saturated heterocycles. The Kier molecular flexibility index (Phi) is 4.29. The normalized spacial score (nSPS) is 21.9. The zero-order valence-electron chi connectivity index (χ0n) is 10.7. The largest absolute Gasteiger partial charge is 0.507 e. The number of hydrogen-bond donors (Lipinski definition) is 2. The number of phenolic OH excluding ortho intramolecular Hbond substituents is 1. The maximum atomic E-state index is 12.4. The second-order valence-electron chi connectivity index (χ2n) is 4.55. The third kappa shape index (κ3) is 2.78. The molecule has 1 aromatic carbocycles. The molecule has 0 bridgehead atoms. The Bertz CT molecular complexity index is 548. The van der Waals surface area contributed by atoms with Gasteiger partial charge >= 0.3 is 5.97 Å². The summed E-state index contributed by atoms with van der Waals surface area (Å²) in [5.41, 5.74) is 0.244. The van der Waals surface area contributed by atoms with Crippen LogP contribution in [0.1, 0.15) is 16.8 Å². The van der Waals surface area contributed by atoms with Crippen molar-refractivity contribution in [2.75, 3.05) is 13.7 Å². The van der Waals surface area contributed by atoms with Crippen molar-refractivity contribution in [3.8, 4) is 5.75 Å². The van der Waals surface area contributed by atoms with Crippen LogP contribution >= 0.6 is 15.9 Å². The van der Waals surface area contributed by atoms with Crippen LogP contribution in [0.15, 0.2) is 22.7 Å². The number of halogens is 1. The lowest BCUT2D eigenvalue weighted by atomic mass is 10.1. The van der Waals surface area contributed by atoms with Crippen molar-refractivity contribution in [3.05, 3.63) is 28.2 Å². The number of likely N-dealkylation sites (tertiary alicyclic amines) is 1. The summed E-state index contributed by atoms with van der Waals surface area (Å²) in [6.45, 7) is 0.0649. The van der Waals surface area contributed by atoms with Crippen molar-refractivity contribution in [2.24, 2.45) is 0 Å². The minimum absolute atomic E-state index is 0.0646. The quantitative estimate of drug-likeness (QED) is 0.779. The number of benzene rings is 1. The lowest BCUT2D eigenvalue weighted by molar-refractivity contribution is -0.145. The van der Waals surface area contributed by atoms with Crippen LogP contribution in [-0.4, -0.2) is 52.8 Å². The number of rotatable bonds is 2. The van der Waals surface area contributed by atoms with Crippen molar-refractivity contribution < 1.29 is 24.5 Å². The first-order chi connectivity index (χ1) is 9.43. The standard InChI is InChI=1S/C13H14BrNO5/c1-20-13(19)10-5-8(16)6-15(10)12(18)7-2-3-9(14)11(17)4-7/h2-4,8,10,16-17H,5-6H2,1H3. The molecule has 0 spiro atoms. The second kappa shape index (κ2) is 5.80. The molecular weight excluding hydrogens is 330 g/mol. The van der Waals surface area contributed by atoms with Gasteiger partial charge in [0.1, 0.15) is 11.8 Å². The highest BCUT2D eigenvalue weighted by Crippen LogP contribution is 2.27. The Morgan fingerprint density at radius 2 is 2.15 bits per heavy atom. The smallest absolute Gasteiger partial charge is 0.328 e. The Hall–Kier alpha value is -1.60. The number of amides is 1. The van der Waals surface area contributed by atoms with Gasteiger partial charge in [0.05, 0.1) is 17.7 Å². The predicted molar refractivity (Wildman–Crippen MR) is 73.3 cm³/mol. The first-order valence-corrected chi connectivity index (χ1v) is 6.78. The molecule has 2 N–H and O–H groups in total. The van der Waals surface area contributed by atoms with Gasteiger partial charge in [-0.05, 0) is 34.1 Å². The molecule has 0 radical (unpaired) electrons. The van der Waals surface area contributed by atoms with Crippen LogP contribution in [0.4, 0.5) is 0 Å². The van der Waals surface area contributed by atoms with Gasteiger partial charge in [-0.1, -0.05) is 0 Å². The summed E-state index contributed by atoms with van der Waals surface area (Å²) in [5.74, 6) is -1.05. The molecule has 0 saturated carbocycles. The topological polar surface area (TPSA) is 87.1 Å². The van der Waals surface area contributed by atoms with E-state index in [4.69, 9.17) is 0 Å². The molecule has 108 valence electrons. The van der Waals surface area contributed by atoms with Gasteiger partial charge in [-0.15, -0.1) is 0 Å². The van der Waals surface area contributed by atoms with Crippen LogP contribution in [0.25, 0.3) is 0 Å². The van der Waals surface area contributed by atoms with Crippen molar-refractivity contribution in [1.29, 1.82) is 0 Å². The van der Waals surface area contributed by atoms with Crippen LogP contribution < -0.4 is 0 Å². The average molecular weight is 344 g/mol. The maximum Gasteiger partial charge on any atom is 0.328 e. The first-order valence-electron chi connectivity index (χ1n) is 5.99. The summed E-state index contributed by atoms with van der Waals surface area (Å²) in [7, 11) is 1.24. The van der Waals surface area contributed by atoms with Gasteiger partial charge in [-0.2, -0.15) is 0 Å². The SMILES string of the molecule is COC(=O)C1CC(O)CN1C(=O)c1ccc(Br)c(O)c1. The van der Waals surface area contributed by atoms with Gasteiger partial charge in [0, 0.05) is 18.5 Å². The molecule has 6 nitrogen and oxygen atoms in total. The zero-order valence-corrected chi connectivity index (χ0v) is 12.3. The van der Waals surface area contributed by atoms with Crippen LogP contribution in [0.2, 0.25) is 0 Å². The number of β-amino-alcohol motifs (C(OH)–C–C–N with tert-alkyl or cyclic N) is 1. The highest BCUT2D eigenvalue weighted by Gasteiger charge is 2.39. The lowest BCUT2D eigenvalue weighted by Crippen LogP contribution is -2.41. The number of nitrogens with zero attached hydrogens (tertiary/aromatic N) is 1. The maximum absolute atomic E-state index is 12.4. The van der Waals surface area contributed by atoms with Gasteiger partial charge in [0.25, 0.3) is 5.91 Å². The molecule has 1 aromatic rings. The number of carbonyl (C=O) groups excluding carboxylic acids is 2. The molecule has 1 amide bonds. The molecule has 1 fully saturated rings. The van der Waals surface area contributed by atoms with E-state index < -0.39 is 24.0 Å². The van der Waals surface area contributed by atoms with Crippen LogP contribution in [-0.2, 0) is 9.53 Å². The van der Waals surface area contributed by atoms with Gasteiger partial charge in [0.2, 0.25) is 0 Å². The molecule has 1 aliphatic heterocycles. The van der Waals surface area contributed by atoms with Gasteiger partial charge in [-0.3, -0.25) is 4.79 Å². The number of aliphatic hydroxyl groups is 1. The number of methoxy groups -OCH3 is 1. The van der Waals surface area contributed by atoms with Gasteiger partial charge in [-0.25, -0.2) is 4.79 Å². The van der Waals surface area contributed by atoms with Crippen molar-refractivity contribution in [3.63, 3.8) is 0 Å². The monoisotopic (exact) mass is 343 g/mol. The Balaban J connectivity index is 2.26. The molecule has 20 heavy (non-hydrogen) atoms. The fourth-order valence-corrected chi connectivity index (χ4v) is 2.46. The number of ether oxygens (including phenoxy) is 1. The van der Waals surface area contributed by atoms with E-state index in [-0.39, 0.29) is 24.3 Å².